The first kappa shape index (κ1) is 12.1. The van der Waals surface area contributed by atoms with E-state index in [-0.39, 0.29) is 5.91 Å². The fourth-order valence-electron chi connectivity index (χ4n) is 1.08. The predicted octanol–water partition coefficient (Wildman–Crippen LogP) is 0.737. The van der Waals surface area contributed by atoms with Gasteiger partial charge in [0, 0.05) is 11.8 Å². The number of nitrogens with two attached hydrogens (primary N) is 1. The lowest BCUT2D eigenvalue weighted by Gasteiger charge is -2.09. The molecule has 0 aliphatic heterocycles. The molecule has 0 spiro atoms. The minimum Gasteiger partial charge on any atom is -0.320 e. The maximum Gasteiger partial charge on any atom is 0.242 e. The Morgan fingerprint density at radius 1 is 1.80 bits per heavy atom. The summed E-state index contributed by atoms with van der Waals surface area (Å²) in [6, 6.07) is 1.30. The van der Waals surface area contributed by atoms with E-state index in [1.165, 1.54) is 0 Å². The number of carbonyl (C=O) groups excluding carboxylic acids is 1. The van der Waals surface area contributed by atoms with Crippen molar-refractivity contribution in [2.24, 2.45) is 5.73 Å². The summed E-state index contributed by atoms with van der Waals surface area (Å²) in [4.78, 5) is 11.5. The molecular formula is C9H16N4OS. The monoisotopic (exact) mass is 228 g/mol. The smallest absolute Gasteiger partial charge is 0.242 e. The fraction of sp³-hybridized carbons (Fsp3) is 0.556. The highest BCUT2D eigenvalue weighted by atomic mass is 32.2. The van der Waals surface area contributed by atoms with E-state index in [1.807, 2.05) is 13.2 Å². The SMILES string of the molecule is CSCC[C@@H](N)C(=O)Nc1cc(C)[nH]n1. The van der Waals surface area contributed by atoms with Gasteiger partial charge in [-0.25, -0.2) is 0 Å². The van der Waals surface area contributed by atoms with Gasteiger partial charge in [0.25, 0.3) is 0 Å². The quantitative estimate of drug-likeness (QED) is 0.694. The number of nitrogens with zero attached hydrogens (tertiary/aromatic N) is 1. The highest BCUT2D eigenvalue weighted by Crippen LogP contribution is 2.05. The molecule has 0 fully saturated rings. The third-order valence-corrected chi connectivity index (χ3v) is 2.57. The Bertz CT molecular complexity index is 326. The van der Waals surface area contributed by atoms with E-state index >= 15 is 0 Å². The van der Waals surface area contributed by atoms with E-state index in [9.17, 15) is 4.79 Å². The van der Waals surface area contributed by atoms with Crippen molar-refractivity contribution >= 4 is 23.5 Å². The fourth-order valence-corrected chi connectivity index (χ4v) is 1.57. The number of H-pyrrole nitrogens is 1. The zero-order valence-corrected chi connectivity index (χ0v) is 9.73. The van der Waals surface area contributed by atoms with Crippen LogP contribution < -0.4 is 11.1 Å². The lowest BCUT2D eigenvalue weighted by atomic mass is 10.2. The molecule has 0 bridgehead atoms. The largest absolute Gasteiger partial charge is 0.320 e. The van der Waals surface area contributed by atoms with Crippen LogP contribution in [0.5, 0.6) is 0 Å². The minimum atomic E-state index is -0.463. The lowest BCUT2D eigenvalue weighted by molar-refractivity contribution is -0.117. The van der Waals surface area contributed by atoms with Gasteiger partial charge in [0.15, 0.2) is 5.82 Å². The number of aromatic nitrogens is 2. The first-order valence-corrected chi connectivity index (χ1v) is 6.10. The van der Waals surface area contributed by atoms with Crippen LogP contribution in [0.3, 0.4) is 0 Å². The third-order valence-electron chi connectivity index (χ3n) is 1.93. The topological polar surface area (TPSA) is 83.8 Å². The predicted molar refractivity (Wildman–Crippen MR) is 62.9 cm³/mol. The second-order valence-corrected chi connectivity index (χ2v) is 4.30. The average molecular weight is 228 g/mol. The van der Waals surface area contributed by atoms with Crippen LogP contribution in [0.4, 0.5) is 5.82 Å². The molecule has 1 aromatic rings. The molecule has 1 rings (SSSR count). The second kappa shape index (κ2) is 5.77. The number of thioether (sulfide) groups is 1. The van der Waals surface area contributed by atoms with Crippen LogP contribution >= 0.6 is 11.8 Å². The van der Waals surface area contributed by atoms with Gasteiger partial charge in [0.2, 0.25) is 5.91 Å². The highest BCUT2D eigenvalue weighted by molar-refractivity contribution is 7.98. The lowest BCUT2D eigenvalue weighted by Crippen LogP contribution is -2.36. The molecular weight excluding hydrogens is 212 g/mol. The molecule has 5 nitrogen and oxygen atoms in total. The van der Waals surface area contributed by atoms with Crippen molar-refractivity contribution in [3.8, 4) is 0 Å². The van der Waals surface area contributed by atoms with Gasteiger partial charge >= 0.3 is 0 Å². The van der Waals surface area contributed by atoms with Gasteiger partial charge < -0.3 is 11.1 Å². The number of aryl methyl sites for hydroxylation is 1. The summed E-state index contributed by atoms with van der Waals surface area (Å²) in [5.74, 6) is 1.22. The van der Waals surface area contributed by atoms with Gasteiger partial charge in [0.05, 0.1) is 6.04 Å². The zero-order valence-electron chi connectivity index (χ0n) is 8.91. The van der Waals surface area contributed by atoms with Crippen molar-refractivity contribution in [1.29, 1.82) is 0 Å². The summed E-state index contributed by atoms with van der Waals surface area (Å²) in [5, 5.41) is 9.30. The van der Waals surface area contributed by atoms with E-state index in [0.717, 1.165) is 11.4 Å². The van der Waals surface area contributed by atoms with Crippen LogP contribution in [0.15, 0.2) is 6.07 Å². The summed E-state index contributed by atoms with van der Waals surface area (Å²) < 4.78 is 0. The standard InChI is InChI=1S/C9H16N4OS/c1-6-5-8(13-12-6)11-9(14)7(10)3-4-15-2/h5,7H,3-4,10H2,1-2H3,(H2,11,12,13,14)/t7-/m1/s1. The van der Waals surface area contributed by atoms with Gasteiger partial charge in [-0.2, -0.15) is 16.9 Å². The van der Waals surface area contributed by atoms with E-state index in [2.05, 4.69) is 15.5 Å². The number of anilines is 1. The van der Waals surface area contributed by atoms with Crippen LogP contribution in [-0.4, -0.2) is 34.2 Å². The third kappa shape index (κ3) is 3.93. The molecule has 0 aromatic carbocycles. The molecule has 15 heavy (non-hydrogen) atoms. The van der Waals surface area contributed by atoms with Crippen molar-refractivity contribution in [2.45, 2.75) is 19.4 Å². The molecule has 0 saturated carbocycles. The number of aromatic amines is 1. The van der Waals surface area contributed by atoms with Gasteiger partial charge in [-0.15, -0.1) is 0 Å². The number of amides is 1. The van der Waals surface area contributed by atoms with Crippen molar-refractivity contribution in [2.75, 3.05) is 17.3 Å². The van der Waals surface area contributed by atoms with Gasteiger partial charge in [-0.1, -0.05) is 0 Å². The second-order valence-electron chi connectivity index (χ2n) is 3.31. The molecule has 1 amide bonds. The van der Waals surface area contributed by atoms with Crippen molar-refractivity contribution < 1.29 is 4.79 Å². The molecule has 0 unspecified atom stereocenters. The van der Waals surface area contributed by atoms with Gasteiger partial charge in [-0.3, -0.25) is 9.89 Å². The van der Waals surface area contributed by atoms with Gasteiger partial charge in [0.1, 0.15) is 0 Å². The molecule has 1 heterocycles. The Balaban J connectivity index is 2.41. The van der Waals surface area contributed by atoms with Crippen LogP contribution in [-0.2, 0) is 4.79 Å². The van der Waals surface area contributed by atoms with Crippen molar-refractivity contribution in [3.05, 3.63) is 11.8 Å². The molecule has 1 atom stereocenters. The first-order valence-electron chi connectivity index (χ1n) is 4.71. The molecule has 0 radical (unpaired) electrons. The van der Waals surface area contributed by atoms with Crippen LogP contribution in [0.1, 0.15) is 12.1 Å². The summed E-state index contributed by atoms with van der Waals surface area (Å²) in [7, 11) is 0. The number of hydrogen-bond donors (Lipinski definition) is 3. The Morgan fingerprint density at radius 2 is 2.53 bits per heavy atom. The van der Waals surface area contributed by atoms with Gasteiger partial charge in [-0.05, 0) is 25.4 Å². The first-order chi connectivity index (χ1) is 7.13. The molecule has 0 aliphatic rings. The van der Waals surface area contributed by atoms with Crippen molar-refractivity contribution in [3.63, 3.8) is 0 Å². The normalized spacial score (nSPS) is 12.5. The molecule has 0 saturated heterocycles. The Kier molecular flexibility index (Phi) is 4.64. The highest BCUT2D eigenvalue weighted by Gasteiger charge is 2.13. The summed E-state index contributed by atoms with van der Waals surface area (Å²) in [6.07, 6.45) is 2.66. The van der Waals surface area contributed by atoms with E-state index in [1.54, 1.807) is 17.8 Å². The maximum absolute atomic E-state index is 11.5. The van der Waals surface area contributed by atoms with Crippen molar-refractivity contribution in [1.82, 2.24) is 10.2 Å². The maximum atomic E-state index is 11.5. The van der Waals surface area contributed by atoms with Crippen LogP contribution in [0.25, 0.3) is 0 Å². The van der Waals surface area contributed by atoms with Crippen LogP contribution in [0, 0.1) is 6.92 Å². The molecule has 0 aliphatic carbocycles. The minimum absolute atomic E-state index is 0.185. The Hall–Kier alpha value is -1.01. The molecule has 4 N–H and O–H groups in total. The Morgan fingerprint density at radius 3 is 3.07 bits per heavy atom. The average Bonchev–Trinajstić information content (AvgIpc) is 2.60. The number of rotatable bonds is 5. The number of carbonyl (C=O) groups is 1. The van der Waals surface area contributed by atoms with E-state index in [4.69, 9.17) is 5.73 Å². The summed E-state index contributed by atoms with van der Waals surface area (Å²) in [6.45, 7) is 1.87. The summed E-state index contributed by atoms with van der Waals surface area (Å²) in [5.41, 5.74) is 6.60. The van der Waals surface area contributed by atoms with Crippen LogP contribution in [0.2, 0.25) is 0 Å². The molecule has 1 aromatic heterocycles. The Labute approximate surface area is 93.2 Å². The molecule has 84 valence electrons. The summed E-state index contributed by atoms with van der Waals surface area (Å²) >= 11 is 1.68. The van der Waals surface area contributed by atoms with E-state index < -0.39 is 6.04 Å². The van der Waals surface area contributed by atoms with E-state index in [0.29, 0.717) is 12.2 Å². The zero-order chi connectivity index (χ0) is 11.3. The number of hydrogen-bond acceptors (Lipinski definition) is 4. The molecule has 6 heteroatoms. The number of nitrogens with one attached hydrogen (secondary N) is 2.